The highest BCUT2D eigenvalue weighted by Gasteiger charge is 2.32. The fraction of sp³-hybridized carbons (Fsp3) is 0.529. The van der Waals surface area contributed by atoms with E-state index in [9.17, 15) is 4.79 Å². The highest BCUT2D eigenvalue weighted by atomic mass is 16.5. The molecule has 4 rings (SSSR count). The van der Waals surface area contributed by atoms with Crippen LogP contribution in [0, 0.1) is 6.92 Å². The van der Waals surface area contributed by atoms with Gasteiger partial charge in [-0.2, -0.15) is 5.10 Å². The van der Waals surface area contributed by atoms with Crippen molar-refractivity contribution < 1.29 is 4.74 Å². The number of nitrogens with one attached hydrogen (secondary N) is 1. The quantitative estimate of drug-likeness (QED) is 0.920. The smallest absolute Gasteiger partial charge is 0.267 e. The number of aromatic nitrogens is 4. The van der Waals surface area contributed by atoms with Crippen molar-refractivity contribution in [2.24, 2.45) is 0 Å². The van der Waals surface area contributed by atoms with E-state index in [1.54, 1.807) is 18.3 Å². The summed E-state index contributed by atoms with van der Waals surface area (Å²) in [7, 11) is 0. The van der Waals surface area contributed by atoms with E-state index in [1.807, 2.05) is 13.0 Å². The Hall–Kier alpha value is -2.28. The molecule has 24 heavy (non-hydrogen) atoms. The SMILES string of the molecule is Cc1ccc(=O)n(C2COCC2Nc2ccnc(C3CCC3)n2)n1. The molecule has 1 saturated heterocycles. The number of nitrogens with zero attached hydrogens (tertiary/aromatic N) is 4. The standard InChI is InChI=1S/C17H21N5O2/c1-11-5-6-16(23)22(21-11)14-10-24-9-13(14)19-15-7-8-18-17(20-15)12-3-2-4-12/h5-8,12-14H,2-4,9-10H2,1H3,(H,18,19,20). The Bertz CT molecular complexity index is 787. The number of anilines is 1. The second-order valence-corrected chi connectivity index (χ2v) is 6.54. The molecule has 0 radical (unpaired) electrons. The van der Waals surface area contributed by atoms with Crippen molar-refractivity contribution in [1.82, 2.24) is 19.7 Å². The first-order chi connectivity index (χ1) is 11.7. The Morgan fingerprint density at radius 2 is 2.12 bits per heavy atom. The second kappa shape index (κ2) is 6.32. The van der Waals surface area contributed by atoms with Crippen molar-refractivity contribution in [1.29, 1.82) is 0 Å². The fourth-order valence-corrected chi connectivity index (χ4v) is 3.19. The zero-order chi connectivity index (χ0) is 16.5. The first-order valence-electron chi connectivity index (χ1n) is 8.44. The van der Waals surface area contributed by atoms with Gasteiger partial charge in [0, 0.05) is 18.2 Å². The van der Waals surface area contributed by atoms with Gasteiger partial charge in [0.05, 0.1) is 24.9 Å². The Kier molecular flexibility index (Phi) is 4.02. The third-order valence-electron chi connectivity index (χ3n) is 4.80. The van der Waals surface area contributed by atoms with Crippen molar-refractivity contribution in [3.8, 4) is 0 Å². The van der Waals surface area contributed by atoms with Gasteiger partial charge in [0.25, 0.3) is 5.56 Å². The van der Waals surface area contributed by atoms with Crippen LogP contribution in [0.2, 0.25) is 0 Å². The second-order valence-electron chi connectivity index (χ2n) is 6.54. The molecular formula is C17H21N5O2. The van der Waals surface area contributed by atoms with E-state index in [0.717, 1.165) is 17.3 Å². The van der Waals surface area contributed by atoms with Gasteiger partial charge in [-0.05, 0) is 31.9 Å². The largest absolute Gasteiger partial charge is 0.377 e. The number of hydrogen-bond acceptors (Lipinski definition) is 6. The average molecular weight is 327 g/mol. The topological polar surface area (TPSA) is 81.9 Å². The molecule has 2 atom stereocenters. The summed E-state index contributed by atoms with van der Waals surface area (Å²) in [4.78, 5) is 21.2. The lowest BCUT2D eigenvalue weighted by molar-refractivity contribution is 0.182. The van der Waals surface area contributed by atoms with Gasteiger partial charge >= 0.3 is 0 Å². The van der Waals surface area contributed by atoms with Crippen molar-refractivity contribution in [2.75, 3.05) is 18.5 Å². The highest BCUT2D eigenvalue weighted by Crippen LogP contribution is 2.34. The van der Waals surface area contributed by atoms with Gasteiger partial charge in [-0.15, -0.1) is 0 Å². The monoisotopic (exact) mass is 327 g/mol. The zero-order valence-corrected chi connectivity index (χ0v) is 13.7. The van der Waals surface area contributed by atoms with E-state index < -0.39 is 0 Å². The van der Waals surface area contributed by atoms with E-state index in [0.29, 0.717) is 19.1 Å². The molecule has 2 aliphatic rings. The Morgan fingerprint density at radius 1 is 1.25 bits per heavy atom. The molecule has 1 N–H and O–H groups in total. The number of ether oxygens (including phenoxy) is 1. The first kappa shape index (κ1) is 15.3. The van der Waals surface area contributed by atoms with E-state index in [1.165, 1.54) is 23.9 Å². The molecular weight excluding hydrogens is 306 g/mol. The number of rotatable bonds is 4. The zero-order valence-electron chi connectivity index (χ0n) is 13.7. The predicted molar refractivity (Wildman–Crippen MR) is 89.1 cm³/mol. The van der Waals surface area contributed by atoms with Gasteiger partial charge in [0.15, 0.2) is 0 Å². The van der Waals surface area contributed by atoms with Crippen LogP contribution in [0.1, 0.15) is 42.7 Å². The van der Waals surface area contributed by atoms with Crippen LogP contribution in [0.3, 0.4) is 0 Å². The normalized spacial score (nSPS) is 23.9. The maximum Gasteiger partial charge on any atom is 0.267 e. The van der Waals surface area contributed by atoms with Gasteiger partial charge in [0.2, 0.25) is 0 Å². The van der Waals surface area contributed by atoms with E-state index in [2.05, 4.69) is 20.4 Å². The molecule has 1 saturated carbocycles. The molecule has 3 heterocycles. The third kappa shape index (κ3) is 2.91. The molecule has 0 bridgehead atoms. The molecule has 0 spiro atoms. The molecule has 2 aromatic rings. The molecule has 2 unspecified atom stereocenters. The van der Waals surface area contributed by atoms with Gasteiger partial charge in [-0.3, -0.25) is 4.79 Å². The lowest BCUT2D eigenvalue weighted by atomic mass is 9.85. The first-order valence-corrected chi connectivity index (χ1v) is 8.44. The lowest BCUT2D eigenvalue weighted by Crippen LogP contribution is -2.37. The van der Waals surface area contributed by atoms with Crippen LogP contribution in [0.5, 0.6) is 0 Å². The van der Waals surface area contributed by atoms with Gasteiger partial charge < -0.3 is 10.1 Å². The van der Waals surface area contributed by atoms with Crippen LogP contribution in [0.15, 0.2) is 29.2 Å². The number of aryl methyl sites for hydroxylation is 1. The van der Waals surface area contributed by atoms with Crippen LogP contribution in [0.25, 0.3) is 0 Å². The summed E-state index contributed by atoms with van der Waals surface area (Å²) >= 11 is 0. The van der Waals surface area contributed by atoms with E-state index in [4.69, 9.17) is 4.74 Å². The van der Waals surface area contributed by atoms with Crippen molar-refractivity contribution in [3.05, 3.63) is 46.3 Å². The summed E-state index contributed by atoms with van der Waals surface area (Å²) in [5.41, 5.74) is 0.704. The Morgan fingerprint density at radius 3 is 2.92 bits per heavy atom. The minimum absolute atomic E-state index is 0.0406. The summed E-state index contributed by atoms with van der Waals surface area (Å²) in [6.07, 6.45) is 5.39. The van der Waals surface area contributed by atoms with Crippen molar-refractivity contribution in [2.45, 2.75) is 44.2 Å². The number of hydrogen-bond donors (Lipinski definition) is 1. The molecule has 0 amide bonds. The highest BCUT2D eigenvalue weighted by molar-refractivity contribution is 5.36. The fourth-order valence-electron chi connectivity index (χ4n) is 3.19. The predicted octanol–water partition coefficient (Wildman–Crippen LogP) is 1.66. The molecule has 1 aliphatic heterocycles. The lowest BCUT2D eigenvalue weighted by Gasteiger charge is -2.25. The summed E-state index contributed by atoms with van der Waals surface area (Å²) < 4.78 is 7.12. The summed E-state index contributed by atoms with van der Waals surface area (Å²) in [5.74, 6) is 2.18. The van der Waals surface area contributed by atoms with E-state index in [-0.39, 0.29) is 17.6 Å². The van der Waals surface area contributed by atoms with E-state index >= 15 is 0 Å². The molecule has 2 aromatic heterocycles. The van der Waals surface area contributed by atoms with Crippen LogP contribution in [-0.4, -0.2) is 39.0 Å². The Balaban J connectivity index is 1.55. The molecule has 7 nitrogen and oxygen atoms in total. The minimum Gasteiger partial charge on any atom is -0.377 e. The minimum atomic E-state index is -0.139. The maximum absolute atomic E-state index is 12.1. The van der Waals surface area contributed by atoms with Crippen LogP contribution >= 0.6 is 0 Å². The summed E-state index contributed by atoms with van der Waals surface area (Å²) in [6, 6.07) is 4.97. The average Bonchev–Trinajstić information content (AvgIpc) is 2.96. The van der Waals surface area contributed by atoms with Gasteiger partial charge in [-0.1, -0.05) is 6.42 Å². The molecule has 7 heteroatoms. The maximum atomic E-state index is 12.1. The third-order valence-corrected chi connectivity index (χ3v) is 4.80. The molecule has 1 aliphatic carbocycles. The molecule has 2 fully saturated rings. The van der Waals surface area contributed by atoms with Crippen LogP contribution < -0.4 is 10.9 Å². The van der Waals surface area contributed by atoms with Crippen LogP contribution in [0.4, 0.5) is 5.82 Å². The van der Waals surface area contributed by atoms with Crippen molar-refractivity contribution >= 4 is 5.82 Å². The Labute approximate surface area is 140 Å². The summed E-state index contributed by atoms with van der Waals surface area (Å²) in [6.45, 7) is 2.87. The molecule has 0 aromatic carbocycles. The van der Waals surface area contributed by atoms with Crippen molar-refractivity contribution in [3.63, 3.8) is 0 Å². The van der Waals surface area contributed by atoms with Crippen LogP contribution in [-0.2, 0) is 4.74 Å². The summed E-state index contributed by atoms with van der Waals surface area (Å²) in [5, 5.41) is 7.77. The van der Waals surface area contributed by atoms with Gasteiger partial charge in [0.1, 0.15) is 17.7 Å². The van der Waals surface area contributed by atoms with Gasteiger partial charge in [-0.25, -0.2) is 14.6 Å². The molecule has 126 valence electrons.